The first-order valence-corrected chi connectivity index (χ1v) is 10.2. The highest BCUT2D eigenvalue weighted by atomic mass is 16.6. The summed E-state index contributed by atoms with van der Waals surface area (Å²) < 4.78 is 10.2. The van der Waals surface area contributed by atoms with Crippen molar-refractivity contribution in [2.45, 2.75) is 52.6 Å². The molecule has 8 nitrogen and oxygen atoms in total. The Balaban J connectivity index is 1.87. The van der Waals surface area contributed by atoms with E-state index in [9.17, 15) is 14.4 Å². The maximum atomic E-state index is 12.3. The lowest BCUT2D eigenvalue weighted by Gasteiger charge is -2.19. The van der Waals surface area contributed by atoms with E-state index >= 15 is 0 Å². The molecule has 0 saturated heterocycles. The van der Waals surface area contributed by atoms with Crippen molar-refractivity contribution in [3.8, 4) is 0 Å². The molecule has 31 heavy (non-hydrogen) atoms. The maximum absolute atomic E-state index is 12.3. The number of aryl methyl sites for hydroxylation is 1. The first-order chi connectivity index (χ1) is 14.7. The van der Waals surface area contributed by atoms with Crippen molar-refractivity contribution in [2.75, 3.05) is 17.2 Å². The van der Waals surface area contributed by atoms with Crippen LogP contribution in [0.1, 0.15) is 56.5 Å². The molecule has 1 aromatic heterocycles. The summed E-state index contributed by atoms with van der Waals surface area (Å²) in [7, 11) is 0. The van der Waals surface area contributed by atoms with Crippen LogP contribution in [0.4, 0.5) is 16.2 Å². The number of hydrogen-bond donors (Lipinski definition) is 2. The smallest absolute Gasteiger partial charge is 0.412 e. The van der Waals surface area contributed by atoms with Gasteiger partial charge in [-0.3, -0.25) is 15.1 Å². The van der Waals surface area contributed by atoms with Gasteiger partial charge in [0, 0.05) is 18.3 Å². The Morgan fingerprint density at radius 2 is 1.87 bits per heavy atom. The van der Waals surface area contributed by atoms with E-state index in [1.54, 1.807) is 33.8 Å². The molecule has 1 aromatic carbocycles. The van der Waals surface area contributed by atoms with E-state index in [1.807, 2.05) is 18.2 Å². The van der Waals surface area contributed by atoms with Gasteiger partial charge in [-0.2, -0.15) is 0 Å². The Bertz CT molecular complexity index is 921. The van der Waals surface area contributed by atoms with E-state index in [4.69, 9.17) is 9.47 Å². The summed E-state index contributed by atoms with van der Waals surface area (Å²) in [6.45, 7) is 7.37. The van der Waals surface area contributed by atoms with Crippen molar-refractivity contribution in [1.82, 2.24) is 4.98 Å². The van der Waals surface area contributed by atoms with Gasteiger partial charge in [0.2, 0.25) is 5.91 Å². The highest BCUT2D eigenvalue weighted by molar-refractivity contribution is 6.01. The van der Waals surface area contributed by atoms with Gasteiger partial charge in [0.05, 0.1) is 24.1 Å². The molecule has 0 aliphatic heterocycles. The van der Waals surface area contributed by atoms with Crippen LogP contribution in [0.2, 0.25) is 0 Å². The summed E-state index contributed by atoms with van der Waals surface area (Å²) in [6.07, 6.45) is 3.89. The third-order valence-electron chi connectivity index (χ3n) is 4.03. The largest absolute Gasteiger partial charge is 0.462 e. The number of anilines is 2. The summed E-state index contributed by atoms with van der Waals surface area (Å²) in [6, 6.07) is 8.90. The summed E-state index contributed by atoms with van der Waals surface area (Å²) in [4.78, 5) is 40.2. The monoisotopic (exact) mass is 427 g/mol. The molecular formula is C23H29N3O5. The number of rotatable bonds is 8. The molecular weight excluding hydrogens is 398 g/mol. The van der Waals surface area contributed by atoms with Crippen LogP contribution < -0.4 is 10.6 Å². The van der Waals surface area contributed by atoms with E-state index in [2.05, 4.69) is 15.6 Å². The van der Waals surface area contributed by atoms with Gasteiger partial charge in [-0.1, -0.05) is 12.1 Å². The summed E-state index contributed by atoms with van der Waals surface area (Å²) in [5.74, 6) is -0.726. The minimum absolute atomic E-state index is 0.221. The number of carbonyl (C=O) groups excluding carboxylic acids is 3. The van der Waals surface area contributed by atoms with Crippen LogP contribution in [0, 0.1) is 0 Å². The van der Waals surface area contributed by atoms with E-state index in [-0.39, 0.29) is 24.5 Å². The Kier molecular flexibility index (Phi) is 8.54. The highest BCUT2D eigenvalue weighted by Crippen LogP contribution is 2.17. The van der Waals surface area contributed by atoms with E-state index in [1.165, 1.54) is 18.5 Å². The molecule has 166 valence electrons. The third kappa shape index (κ3) is 8.46. The van der Waals surface area contributed by atoms with E-state index in [0.29, 0.717) is 24.2 Å². The standard InChI is InChI=1S/C23H29N3O5/c1-5-30-21(28)18-12-13-24-15-19(18)26-20(27)11-7-9-16-8-6-10-17(14-16)25-22(29)31-23(2,3)4/h6,8,10,12-15H,5,7,9,11H2,1-4H3,(H,25,29)(H,26,27). The second kappa shape index (κ2) is 11.1. The first-order valence-electron chi connectivity index (χ1n) is 10.2. The molecule has 0 aliphatic rings. The number of nitrogens with one attached hydrogen (secondary N) is 2. The molecule has 1 heterocycles. The van der Waals surface area contributed by atoms with Gasteiger partial charge in [-0.15, -0.1) is 0 Å². The lowest BCUT2D eigenvalue weighted by molar-refractivity contribution is -0.116. The Morgan fingerprint density at radius 3 is 2.58 bits per heavy atom. The molecule has 0 bridgehead atoms. The SMILES string of the molecule is CCOC(=O)c1ccncc1NC(=O)CCCc1cccc(NC(=O)OC(C)(C)C)c1. The Labute approximate surface area is 182 Å². The van der Waals surface area contributed by atoms with Crippen molar-refractivity contribution < 1.29 is 23.9 Å². The van der Waals surface area contributed by atoms with Crippen LogP contribution in [0.15, 0.2) is 42.7 Å². The van der Waals surface area contributed by atoms with Crippen molar-refractivity contribution >= 4 is 29.3 Å². The zero-order chi connectivity index (χ0) is 22.9. The average Bonchev–Trinajstić information content (AvgIpc) is 2.67. The molecule has 2 N–H and O–H groups in total. The fourth-order valence-electron chi connectivity index (χ4n) is 2.77. The number of amides is 2. The lowest BCUT2D eigenvalue weighted by atomic mass is 10.1. The molecule has 0 unspecified atom stereocenters. The normalized spacial score (nSPS) is 10.8. The number of nitrogens with zero attached hydrogens (tertiary/aromatic N) is 1. The van der Waals surface area contributed by atoms with Crippen LogP contribution >= 0.6 is 0 Å². The van der Waals surface area contributed by atoms with Crippen LogP contribution in [0.3, 0.4) is 0 Å². The zero-order valence-electron chi connectivity index (χ0n) is 18.4. The topological polar surface area (TPSA) is 107 Å². The number of aromatic nitrogens is 1. The maximum Gasteiger partial charge on any atom is 0.412 e. The predicted octanol–water partition coefficient (Wildman–Crippen LogP) is 4.57. The minimum Gasteiger partial charge on any atom is -0.462 e. The van der Waals surface area contributed by atoms with Crippen molar-refractivity contribution in [3.05, 3.63) is 53.9 Å². The number of pyridine rings is 1. The van der Waals surface area contributed by atoms with Crippen molar-refractivity contribution in [2.24, 2.45) is 0 Å². The minimum atomic E-state index is -0.573. The molecule has 2 amide bonds. The molecule has 0 saturated carbocycles. The van der Waals surface area contributed by atoms with Crippen LogP contribution in [-0.4, -0.2) is 35.2 Å². The van der Waals surface area contributed by atoms with Gasteiger partial charge in [-0.25, -0.2) is 9.59 Å². The number of benzene rings is 1. The van der Waals surface area contributed by atoms with Gasteiger partial charge in [0.1, 0.15) is 5.60 Å². The molecule has 0 atom stereocenters. The van der Waals surface area contributed by atoms with Crippen LogP contribution in [0.25, 0.3) is 0 Å². The number of ether oxygens (including phenoxy) is 2. The summed E-state index contributed by atoms with van der Waals surface area (Å²) in [5.41, 5.74) is 1.64. The van der Waals surface area contributed by atoms with E-state index < -0.39 is 17.7 Å². The lowest BCUT2D eigenvalue weighted by Crippen LogP contribution is -2.27. The van der Waals surface area contributed by atoms with Crippen molar-refractivity contribution in [3.63, 3.8) is 0 Å². The molecule has 2 aromatic rings. The van der Waals surface area contributed by atoms with Gasteiger partial charge in [-0.05, 0) is 64.3 Å². The number of hydrogen-bond acceptors (Lipinski definition) is 6. The van der Waals surface area contributed by atoms with Crippen LogP contribution in [0.5, 0.6) is 0 Å². The third-order valence-corrected chi connectivity index (χ3v) is 4.03. The number of esters is 1. The fraction of sp³-hybridized carbons (Fsp3) is 0.391. The second-order valence-electron chi connectivity index (χ2n) is 7.87. The van der Waals surface area contributed by atoms with E-state index in [0.717, 1.165) is 5.56 Å². The van der Waals surface area contributed by atoms with Crippen LogP contribution in [-0.2, 0) is 20.7 Å². The zero-order valence-corrected chi connectivity index (χ0v) is 18.4. The number of carbonyl (C=O) groups is 3. The van der Waals surface area contributed by atoms with Gasteiger partial charge in [0.25, 0.3) is 0 Å². The molecule has 0 fully saturated rings. The molecule has 0 spiro atoms. The molecule has 2 rings (SSSR count). The van der Waals surface area contributed by atoms with Gasteiger partial charge >= 0.3 is 12.1 Å². The molecule has 8 heteroatoms. The van der Waals surface area contributed by atoms with Crippen molar-refractivity contribution in [1.29, 1.82) is 0 Å². The first kappa shape index (κ1) is 23.9. The summed E-state index contributed by atoms with van der Waals surface area (Å²) in [5, 5.41) is 5.43. The quantitative estimate of drug-likeness (QED) is 0.598. The second-order valence-corrected chi connectivity index (χ2v) is 7.87. The predicted molar refractivity (Wildman–Crippen MR) is 118 cm³/mol. The average molecular weight is 428 g/mol. The Hall–Kier alpha value is -3.42. The van der Waals surface area contributed by atoms with Gasteiger partial charge in [0.15, 0.2) is 0 Å². The molecule has 0 aliphatic carbocycles. The highest BCUT2D eigenvalue weighted by Gasteiger charge is 2.16. The molecule has 0 radical (unpaired) electrons. The van der Waals surface area contributed by atoms with Gasteiger partial charge < -0.3 is 14.8 Å². The Morgan fingerprint density at radius 1 is 1.10 bits per heavy atom. The summed E-state index contributed by atoms with van der Waals surface area (Å²) >= 11 is 0. The fourth-order valence-corrected chi connectivity index (χ4v) is 2.77.